The van der Waals surface area contributed by atoms with Crippen molar-refractivity contribution in [2.24, 2.45) is 0 Å². The molecule has 0 saturated heterocycles. The number of carbonyl (C=O) groups is 1. The van der Waals surface area contributed by atoms with E-state index < -0.39 is 24.4 Å². The standard InChI is InChI=1S/C25H34O7/c1-17(26)13-31-15-23(28)11-19-3-7-21(8-4-19)25(30)22-9-5-20(6-10-22)12-24(29)16-32-14-18(2)27/h3-10,17-18,23-24,26-29H,11-16H2,1-2H3. The van der Waals surface area contributed by atoms with Crippen LogP contribution in [0.2, 0.25) is 0 Å². The maximum atomic E-state index is 12.7. The van der Waals surface area contributed by atoms with Crippen LogP contribution < -0.4 is 0 Å². The number of aliphatic hydroxyl groups is 4. The van der Waals surface area contributed by atoms with Crippen molar-refractivity contribution in [1.82, 2.24) is 0 Å². The lowest BCUT2D eigenvalue weighted by Crippen LogP contribution is -2.21. The Kier molecular flexibility index (Phi) is 11.0. The number of hydrogen-bond donors (Lipinski definition) is 4. The van der Waals surface area contributed by atoms with Gasteiger partial charge < -0.3 is 29.9 Å². The van der Waals surface area contributed by atoms with E-state index >= 15 is 0 Å². The van der Waals surface area contributed by atoms with Gasteiger partial charge in [0, 0.05) is 24.0 Å². The summed E-state index contributed by atoms with van der Waals surface area (Å²) in [5, 5.41) is 38.4. The molecule has 0 saturated carbocycles. The smallest absolute Gasteiger partial charge is 0.193 e. The van der Waals surface area contributed by atoms with Gasteiger partial charge in [-0.15, -0.1) is 0 Å². The largest absolute Gasteiger partial charge is 0.391 e. The Morgan fingerprint density at radius 2 is 1.00 bits per heavy atom. The predicted molar refractivity (Wildman–Crippen MR) is 121 cm³/mol. The molecule has 0 bridgehead atoms. The van der Waals surface area contributed by atoms with Crippen molar-refractivity contribution in [3.63, 3.8) is 0 Å². The number of carbonyl (C=O) groups excluding carboxylic acids is 1. The average molecular weight is 447 g/mol. The van der Waals surface area contributed by atoms with E-state index in [0.29, 0.717) is 24.0 Å². The third-order valence-electron chi connectivity index (χ3n) is 4.71. The van der Waals surface area contributed by atoms with Crippen LogP contribution in [0.3, 0.4) is 0 Å². The zero-order valence-electron chi connectivity index (χ0n) is 18.7. The van der Waals surface area contributed by atoms with Gasteiger partial charge in [-0.2, -0.15) is 0 Å². The van der Waals surface area contributed by atoms with Crippen LogP contribution in [0.5, 0.6) is 0 Å². The summed E-state index contributed by atoms with van der Waals surface area (Å²) >= 11 is 0. The van der Waals surface area contributed by atoms with Gasteiger partial charge in [0.05, 0.1) is 50.8 Å². The fourth-order valence-electron chi connectivity index (χ4n) is 3.16. The zero-order chi connectivity index (χ0) is 23.5. The first-order valence-electron chi connectivity index (χ1n) is 10.8. The number of rotatable bonds is 14. The first-order chi connectivity index (χ1) is 15.2. The monoisotopic (exact) mass is 446 g/mol. The highest BCUT2D eigenvalue weighted by atomic mass is 16.5. The summed E-state index contributed by atoms with van der Waals surface area (Å²) < 4.78 is 10.4. The fraction of sp³-hybridized carbons (Fsp3) is 0.480. The molecule has 32 heavy (non-hydrogen) atoms. The lowest BCUT2D eigenvalue weighted by Gasteiger charge is -2.13. The minimum Gasteiger partial charge on any atom is -0.391 e. The minimum absolute atomic E-state index is 0.107. The van der Waals surface area contributed by atoms with E-state index in [4.69, 9.17) is 9.47 Å². The molecule has 0 aromatic heterocycles. The molecule has 2 rings (SSSR count). The van der Waals surface area contributed by atoms with Crippen LogP contribution in [-0.2, 0) is 22.3 Å². The molecule has 2 aromatic carbocycles. The van der Waals surface area contributed by atoms with Crippen LogP contribution in [-0.4, -0.2) is 77.1 Å². The highest BCUT2D eigenvalue weighted by Gasteiger charge is 2.12. The van der Waals surface area contributed by atoms with Crippen molar-refractivity contribution in [3.05, 3.63) is 70.8 Å². The van der Waals surface area contributed by atoms with E-state index in [1.807, 2.05) is 24.3 Å². The van der Waals surface area contributed by atoms with Crippen LogP contribution in [0.1, 0.15) is 40.9 Å². The molecule has 0 aliphatic heterocycles. The number of ether oxygens (including phenoxy) is 2. The molecule has 0 heterocycles. The van der Waals surface area contributed by atoms with E-state index in [-0.39, 0.29) is 32.2 Å². The van der Waals surface area contributed by atoms with Crippen molar-refractivity contribution < 1.29 is 34.7 Å². The highest BCUT2D eigenvalue weighted by Crippen LogP contribution is 2.14. The Hall–Kier alpha value is -2.13. The summed E-state index contributed by atoms with van der Waals surface area (Å²) in [7, 11) is 0. The van der Waals surface area contributed by atoms with Crippen molar-refractivity contribution >= 4 is 5.78 Å². The van der Waals surface area contributed by atoms with Gasteiger partial charge in [-0.1, -0.05) is 48.5 Å². The molecule has 4 N–H and O–H groups in total. The Labute approximate surface area is 189 Å². The average Bonchev–Trinajstić information content (AvgIpc) is 2.74. The van der Waals surface area contributed by atoms with Gasteiger partial charge in [-0.3, -0.25) is 4.79 Å². The first kappa shape index (κ1) is 26.1. The van der Waals surface area contributed by atoms with Crippen molar-refractivity contribution in [2.75, 3.05) is 26.4 Å². The Morgan fingerprint density at radius 1 is 0.656 bits per heavy atom. The normalized spacial score (nSPS) is 15.2. The minimum atomic E-state index is -0.685. The number of benzene rings is 2. The van der Waals surface area contributed by atoms with Crippen molar-refractivity contribution in [1.29, 1.82) is 0 Å². The fourth-order valence-corrected chi connectivity index (χ4v) is 3.16. The van der Waals surface area contributed by atoms with Crippen LogP contribution in [0.15, 0.2) is 48.5 Å². The van der Waals surface area contributed by atoms with Gasteiger partial charge in [0.25, 0.3) is 0 Å². The molecule has 4 atom stereocenters. The van der Waals surface area contributed by atoms with E-state index in [0.717, 1.165) is 11.1 Å². The molecule has 0 aliphatic carbocycles. The third kappa shape index (κ3) is 9.56. The van der Waals surface area contributed by atoms with E-state index in [1.165, 1.54) is 0 Å². The van der Waals surface area contributed by atoms with Gasteiger partial charge in [0.1, 0.15) is 0 Å². The van der Waals surface area contributed by atoms with Gasteiger partial charge in [0.2, 0.25) is 0 Å². The molecule has 4 unspecified atom stereocenters. The highest BCUT2D eigenvalue weighted by molar-refractivity contribution is 6.08. The SMILES string of the molecule is CC(O)COCC(O)Cc1ccc(C(=O)c2ccc(CC(O)COCC(C)O)cc2)cc1. The molecule has 7 nitrogen and oxygen atoms in total. The van der Waals surface area contributed by atoms with E-state index in [1.54, 1.807) is 38.1 Å². The third-order valence-corrected chi connectivity index (χ3v) is 4.71. The number of ketones is 1. The predicted octanol–water partition coefficient (Wildman–Crippen LogP) is 1.52. The van der Waals surface area contributed by atoms with E-state index in [9.17, 15) is 25.2 Å². The van der Waals surface area contributed by atoms with Crippen LogP contribution in [0, 0.1) is 0 Å². The van der Waals surface area contributed by atoms with Crippen LogP contribution >= 0.6 is 0 Å². The molecule has 0 spiro atoms. The molecular weight excluding hydrogens is 412 g/mol. The molecule has 0 amide bonds. The van der Waals surface area contributed by atoms with Gasteiger partial charge >= 0.3 is 0 Å². The van der Waals surface area contributed by atoms with Crippen molar-refractivity contribution in [3.8, 4) is 0 Å². The Bertz CT molecular complexity index is 733. The quantitative estimate of drug-likeness (QED) is 0.325. The second-order valence-corrected chi connectivity index (χ2v) is 8.21. The Morgan fingerprint density at radius 3 is 1.31 bits per heavy atom. The second kappa shape index (κ2) is 13.4. The van der Waals surface area contributed by atoms with Gasteiger partial charge in [0.15, 0.2) is 5.78 Å². The van der Waals surface area contributed by atoms with Gasteiger partial charge in [-0.05, 0) is 25.0 Å². The zero-order valence-corrected chi connectivity index (χ0v) is 18.7. The number of aliphatic hydroxyl groups excluding tert-OH is 4. The Balaban J connectivity index is 1.85. The first-order valence-corrected chi connectivity index (χ1v) is 10.8. The summed E-state index contributed by atoms with van der Waals surface area (Å²) in [4.78, 5) is 12.7. The lowest BCUT2D eigenvalue weighted by molar-refractivity contribution is -0.00174. The van der Waals surface area contributed by atoms with Crippen molar-refractivity contribution in [2.45, 2.75) is 51.1 Å². The molecular formula is C25H34O7. The molecule has 0 aliphatic rings. The molecule has 0 radical (unpaired) electrons. The lowest BCUT2D eigenvalue weighted by atomic mass is 9.98. The van der Waals surface area contributed by atoms with Crippen LogP contribution in [0.4, 0.5) is 0 Å². The molecule has 0 fully saturated rings. The summed E-state index contributed by atoms with van der Waals surface area (Å²) in [5.74, 6) is -0.107. The maximum Gasteiger partial charge on any atom is 0.193 e. The summed E-state index contributed by atoms with van der Waals surface area (Å²) in [5.41, 5.74) is 2.87. The second-order valence-electron chi connectivity index (χ2n) is 8.21. The molecule has 7 heteroatoms. The topological polar surface area (TPSA) is 116 Å². The molecule has 2 aromatic rings. The van der Waals surface area contributed by atoms with Crippen LogP contribution in [0.25, 0.3) is 0 Å². The summed E-state index contributed by atoms with van der Waals surface area (Å²) in [6.45, 7) is 3.88. The van der Waals surface area contributed by atoms with E-state index in [2.05, 4.69) is 0 Å². The maximum absolute atomic E-state index is 12.7. The number of hydrogen-bond acceptors (Lipinski definition) is 7. The van der Waals surface area contributed by atoms with Gasteiger partial charge in [-0.25, -0.2) is 0 Å². The summed E-state index contributed by atoms with van der Waals surface area (Å²) in [6.07, 6.45) is -1.72. The molecule has 176 valence electrons. The summed E-state index contributed by atoms with van der Waals surface area (Å²) in [6, 6.07) is 14.2.